The number of allylic oxidation sites excluding steroid dienone is 2. The Morgan fingerprint density at radius 3 is 1.73 bits per heavy atom. The third kappa shape index (κ3) is 4.51. The first-order valence-electron chi connectivity index (χ1n) is 14.9. The fraction of sp³-hybridized carbons (Fsp3) is 0.0250. The molecule has 9 rings (SSSR count). The van der Waals surface area contributed by atoms with Gasteiger partial charge in [-0.3, -0.25) is 0 Å². The molecule has 3 heterocycles. The molecule has 5 heteroatoms. The maximum atomic E-state index is 5.08. The van der Waals surface area contributed by atoms with Gasteiger partial charge in [0.25, 0.3) is 0 Å². The van der Waals surface area contributed by atoms with Crippen molar-refractivity contribution in [1.29, 1.82) is 0 Å². The maximum Gasteiger partial charge on any atom is 0.164 e. The summed E-state index contributed by atoms with van der Waals surface area (Å²) in [5.74, 6) is 1.99. The molecular formula is C40H25N3S2. The van der Waals surface area contributed by atoms with Crippen LogP contribution >= 0.6 is 22.7 Å². The van der Waals surface area contributed by atoms with Crippen LogP contribution < -0.4 is 0 Å². The van der Waals surface area contributed by atoms with E-state index in [0.29, 0.717) is 17.5 Å². The van der Waals surface area contributed by atoms with Crippen LogP contribution in [0.5, 0.6) is 0 Å². The van der Waals surface area contributed by atoms with Crippen molar-refractivity contribution in [2.75, 3.05) is 0 Å². The van der Waals surface area contributed by atoms with Gasteiger partial charge in [0.05, 0.1) is 0 Å². The normalized spacial score (nSPS) is 13.0. The molecular weight excluding hydrogens is 587 g/mol. The Bertz CT molecular complexity index is 2410. The lowest BCUT2D eigenvalue weighted by Gasteiger charge is -2.17. The van der Waals surface area contributed by atoms with E-state index in [4.69, 9.17) is 15.0 Å². The molecule has 3 nitrogen and oxygen atoms in total. The summed E-state index contributed by atoms with van der Waals surface area (Å²) < 4.78 is 3.90. The fourth-order valence-corrected chi connectivity index (χ4v) is 8.63. The molecule has 0 N–H and O–H groups in total. The number of benzene rings is 5. The molecule has 0 saturated heterocycles. The molecule has 0 radical (unpaired) electrons. The second kappa shape index (κ2) is 10.4. The molecule has 0 aliphatic heterocycles. The lowest BCUT2D eigenvalue weighted by Crippen LogP contribution is -2.07. The Morgan fingerprint density at radius 1 is 0.489 bits per heavy atom. The fourth-order valence-electron chi connectivity index (χ4n) is 6.29. The third-order valence-electron chi connectivity index (χ3n) is 8.42. The van der Waals surface area contributed by atoms with E-state index in [9.17, 15) is 0 Å². The summed E-state index contributed by atoms with van der Waals surface area (Å²) in [6.45, 7) is 4.39. The predicted octanol–water partition coefficient (Wildman–Crippen LogP) is 11.0. The second-order valence-corrected chi connectivity index (χ2v) is 13.6. The van der Waals surface area contributed by atoms with Crippen LogP contribution in [-0.4, -0.2) is 15.0 Å². The van der Waals surface area contributed by atoms with Gasteiger partial charge in [-0.1, -0.05) is 97.6 Å². The van der Waals surface area contributed by atoms with Crippen LogP contribution in [0, 0.1) is 0 Å². The number of hydrogen-bond acceptors (Lipinski definition) is 5. The van der Waals surface area contributed by atoms with Crippen LogP contribution in [0.1, 0.15) is 16.3 Å². The number of nitrogens with zero attached hydrogens (tertiary/aromatic N) is 3. The van der Waals surface area contributed by atoms with E-state index in [0.717, 1.165) is 28.7 Å². The molecule has 0 amide bonds. The van der Waals surface area contributed by atoms with Crippen LogP contribution in [-0.2, 0) is 6.42 Å². The van der Waals surface area contributed by atoms with Crippen molar-refractivity contribution in [2.24, 2.45) is 0 Å². The highest BCUT2D eigenvalue weighted by Crippen LogP contribution is 2.44. The minimum Gasteiger partial charge on any atom is -0.208 e. The van der Waals surface area contributed by atoms with Gasteiger partial charge >= 0.3 is 0 Å². The standard InChI is InChI=1S/C40H25N3S2/c1-24-20-32(40-42-38(25-10-4-2-5-11-25)41-39(43-40)26-12-6-3-7-13-26)37-31-23-28(17-19-35(31)45-36(37)21-24)27-16-18-34-30(22-27)29-14-8-9-15-33(29)44-34/h2-20,22-23H,1,21H2. The van der Waals surface area contributed by atoms with Crippen LogP contribution in [0.2, 0.25) is 0 Å². The van der Waals surface area contributed by atoms with E-state index in [1.807, 2.05) is 83.3 Å². The van der Waals surface area contributed by atoms with Gasteiger partial charge < -0.3 is 0 Å². The highest BCUT2D eigenvalue weighted by atomic mass is 32.1. The first-order valence-corrected chi connectivity index (χ1v) is 16.6. The molecule has 0 atom stereocenters. The van der Waals surface area contributed by atoms with Gasteiger partial charge in [-0.15, -0.1) is 22.7 Å². The average Bonchev–Trinajstić information content (AvgIpc) is 3.65. The van der Waals surface area contributed by atoms with Crippen molar-refractivity contribution in [1.82, 2.24) is 15.0 Å². The van der Waals surface area contributed by atoms with Crippen LogP contribution in [0.3, 0.4) is 0 Å². The molecule has 0 fully saturated rings. The Balaban J connectivity index is 1.23. The minimum atomic E-state index is 0.662. The molecule has 0 bridgehead atoms. The molecule has 0 saturated carbocycles. The van der Waals surface area contributed by atoms with E-state index in [2.05, 4.69) is 73.3 Å². The molecule has 1 aliphatic carbocycles. The third-order valence-corrected chi connectivity index (χ3v) is 10.7. The minimum absolute atomic E-state index is 0.662. The first-order chi connectivity index (χ1) is 22.2. The van der Waals surface area contributed by atoms with Gasteiger partial charge in [-0.05, 0) is 53.1 Å². The summed E-state index contributed by atoms with van der Waals surface area (Å²) in [5.41, 5.74) is 7.61. The Kier molecular flexibility index (Phi) is 6.08. The Hall–Kier alpha value is -5.23. The zero-order valence-corrected chi connectivity index (χ0v) is 25.8. The zero-order chi connectivity index (χ0) is 29.9. The number of rotatable bonds is 4. The zero-order valence-electron chi connectivity index (χ0n) is 24.2. The SMILES string of the molecule is C=C1C=C(c2nc(-c3ccccc3)nc(-c3ccccc3)n2)c2c(sc3ccc(-c4ccc5sc6ccccc6c5c4)cc23)C1. The Morgan fingerprint density at radius 2 is 1.04 bits per heavy atom. The largest absolute Gasteiger partial charge is 0.208 e. The average molecular weight is 612 g/mol. The summed E-state index contributed by atoms with van der Waals surface area (Å²) in [7, 11) is 0. The van der Waals surface area contributed by atoms with Crippen LogP contribution in [0.25, 0.3) is 69.7 Å². The molecule has 8 aromatic rings. The van der Waals surface area contributed by atoms with Gasteiger partial charge in [0.1, 0.15) is 0 Å². The molecule has 212 valence electrons. The summed E-state index contributed by atoms with van der Waals surface area (Å²) in [6.07, 6.45) is 2.99. The van der Waals surface area contributed by atoms with Crippen molar-refractivity contribution < 1.29 is 0 Å². The number of fused-ring (bicyclic) bond motifs is 6. The summed E-state index contributed by atoms with van der Waals surface area (Å²) >= 11 is 3.69. The number of aromatic nitrogens is 3. The van der Waals surface area contributed by atoms with E-state index in [-0.39, 0.29) is 0 Å². The molecule has 3 aromatic heterocycles. The van der Waals surface area contributed by atoms with E-state index in [1.165, 1.54) is 51.8 Å². The number of hydrogen-bond donors (Lipinski definition) is 0. The summed E-state index contributed by atoms with van der Waals surface area (Å²) in [5, 5.41) is 3.85. The van der Waals surface area contributed by atoms with Gasteiger partial charge in [-0.2, -0.15) is 0 Å². The van der Waals surface area contributed by atoms with Gasteiger partial charge in [0.15, 0.2) is 17.5 Å². The van der Waals surface area contributed by atoms with E-state index < -0.39 is 0 Å². The summed E-state index contributed by atoms with van der Waals surface area (Å²) in [4.78, 5) is 16.4. The molecule has 0 spiro atoms. The molecule has 0 unspecified atom stereocenters. The molecule has 45 heavy (non-hydrogen) atoms. The van der Waals surface area contributed by atoms with Crippen LogP contribution in [0.4, 0.5) is 0 Å². The van der Waals surface area contributed by atoms with Crippen molar-refractivity contribution in [3.05, 3.63) is 156 Å². The Labute approximate surface area is 268 Å². The summed E-state index contributed by atoms with van der Waals surface area (Å²) in [6, 6.07) is 42.7. The lowest BCUT2D eigenvalue weighted by atomic mass is 9.90. The van der Waals surface area contributed by atoms with Crippen LogP contribution in [0.15, 0.2) is 140 Å². The van der Waals surface area contributed by atoms with Gasteiger partial charge in [0.2, 0.25) is 0 Å². The van der Waals surface area contributed by atoms with Crippen molar-refractivity contribution >= 4 is 58.5 Å². The van der Waals surface area contributed by atoms with E-state index in [1.54, 1.807) is 0 Å². The first kappa shape index (κ1) is 26.2. The van der Waals surface area contributed by atoms with Gasteiger partial charge in [-0.25, -0.2) is 15.0 Å². The predicted molar refractivity (Wildman–Crippen MR) is 191 cm³/mol. The molecule has 5 aromatic carbocycles. The van der Waals surface area contributed by atoms with Crippen molar-refractivity contribution in [2.45, 2.75) is 6.42 Å². The molecule has 1 aliphatic rings. The maximum absolute atomic E-state index is 5.08. The smallest absolute Gasteiger partial charge is 0.164 e. The van der Waals surface area contributed by atoms with Crippen molar-refractivity contribution in [3.63, 3.8) is 0 Å². The quantitative estimate of drug-likeness (QED) is 0.199. The second-order valence-electron chi connectivity index (χ2n) is 11.4. The highest BCUT2D eigenvalue weighted by Gasteiger charge is 2.25. The topological polar surface area (TPSA) is 38.7 Å². The van der Waals surface area contributed by atoms with E-state index >= 15 is 0 Å². The highest BCUT2D eigenvalue weighted by molar-refractivity contribution is 7.25. The lowest BCUT2D eigenvalue weighted by molar-refractivity contribution is 1.03. The van der Waals surface area contributed by atoms with Crippen molar-refractivity contribution in [3.8, 4) is 33.9 Å². The number of thiophene rings is 2. The monoisotopic (exact) mass is 611 g/mol. The van der Waals surface area contributed by atoms with Gasteiger partial charge in [0, 0.05) is 63.8 Å².